The number of nitrogens with one attached hydrogen (secondary N) is 1. The van der Waals surface area contributed by atoms with Gasteiger partial charge in [-0.25, -0.2) is 4.98 Å². The molecule has 2 heterocycles. The third-order valence-electron chi connectivity index (χ3n) is 4.91. The van der Waals surface area contributed by atoms with Gasteiger partial charge in [-0.2, -0.15) is 0 Å². The van der Waals surface area contributed by atoms with E-state index in [-0.39, 0.29) is 0 Å². The summed E-state index contributed by atoms with van der Waals surface area (Å²) in [5, 5.41) is 4.18. The van der Waals surface area contributed by atoms with Crippen molar-refractivity contribution < 1.29 is 0 Å². The summed E-state index contributed by atoms with van der Waals surface area (Å²) in [7, 11) is 0. The van der Waals surface area contributed by atoms with Crippen molar-refractivity contribution in [1.82, 2.24) is 10.3 Å². The van der Waals surface area contributed by atoms with Gasteiger partial charge in [0.05, 0.1) is 10.7 Å². The molecule has 1 aromatic heterocycles. The van der Waals surface area contributed by atoms with Crippen molar-refractivity contribution in [2.45, 2.75) is 58.0 Å². The van der Waals surface area contributed by atoms with E-state index in [4.69, 9.17) is 16.6 Å². The zero-order valence-corrected chi connectivity index (χ0v) is 13.7. The fourth-order valence-corrected chi connectivity index (χ4v) is 4.05. The molecule has 2 unspecified atom stereocenters. The van der Waals surface area contributed by atoms with Crippen LogP contribution in [-0.4, -0.2) is 24.1 Å². The van der Waals surface area contributed by atoms with Gasteiger partial charge in [-0.3, -0.25) is 0 Å². The summed E-state index contributed by atoms with van der Waals surface area (Å²) in [5.41, 5.74) is 0.989. The molecule has 0 spiro atoms. The normalized spacial score (nSPS) is 25.1. The minimum absolute atomic E-state index is 0.712. The fourth-order valence-electron chi connectivity index (χ4n) is 3.88. The summed E-state index contributed by atoms with van der Waals surface area (Å²) >= 11 is 6.30. The Morgan fingerprint density at radius 1 is 1.29 bits per heavy atom. The van der Waals surface area contributed by atoms with Crippen LogP contribution in [0.15, 0.2) is 12.1 Å². The van der Waals surface area contributed by atoms with Crippen molar-refractivity contribution >= 4 is 17.4 Å². The van der Waals surface area contributed by atoms with Crippen LogP contribution in [0.5, 0.6) is 0 Å². The standard InChI is InChI=1S/C17H26ClN3/c1-2-10-19-12-15-14(18)8-9-17(20-15)21-11-4-6-13-5-3-7-16(13)21/h8-9,13,16,19H,2-7,10-12H2,1H3. The van der Waals surface area contributed by atoms with Crippen molar-refractivity contribution in [3.63, 3.8) is 0 Å². The van der Waals surface area contributed by atoms with Crippen molar-refractivity contribution in [1.29, 1.82) is 0 Å². The van der Waals surface area contributed by atoms with Crippen LogP contribution in [-0.2, 0) is 6.54 Å². The summed E-state index contributed by atoms with van der Waals surface area (Å²) in [4.78, 5) is 7.40. The number of anilines is 1. The van der Waals surface area contributed by atoms with Gasteiger partial charge in [-0.05, 0) is 56.7 Å². The second kappa shape index (κ2) is 6.97. The first-order chi connectivity index (χ1) is 10.3. The molecule has 116 valence electrons. The van der Waals surface area contributed by atoms with Gasteiger partial charge in [0.1, 0.15) is 5.82 Å². The van der Waals surface area contributed by atoms with Gasteiger partial charge in [-0.15, -0.1) is 0 Å². The van der Waals surface area contributed by atoms with Crippen molar-refractivity contribution in [3.05, 3.63) is 22.8 Å². The molecule has 0 amide bonds. The number of hydrogen-bond acceptors (Lipinski definition) is 3. The van der Waals surface area contributed by atoms with Gasteiger partial charge in [0.2, 0.25) is 0 Å². The highest BCUT2D eigenvalue weighted by atomic mass is 35.5. The maximum Gasteiger partial charge on any atom is 0.129 e. The van der Waals surface area contributed by atoms with Crippen LogP contribution in [0.25, 0.3) is 0 Å². The Morgan fingerprint density at radius 3 is 3.00 bits per heavy atom. The molecule has 1 aliphatic heterocycles. The van der Waals surface area contributed by atoms with Crippen molar-refractivity contribution in [2.75, 3.05) is 18.0 Å². The number of hydrogen-bond donors (Lipinski definition) is 1. The predicted octanol–water partition coefficient (Wildman–Crippen LogP) is 4.00. The molecule has 1 saturated heterocycles. The van der Waals surface area contributed by atoms with E-state index < -0.39 is 0 Å². The van der Waals surface area contributed by atoms with Gasteiger partial charge in [0.15, 0.2) is 0 Å². The molecular weight excluding hydrogens is 282 g/mol. The molecule has 2 fully saturated rings. The van der Waals surface area contributed by atoms with Crippen LogP contribution in [0.2, 0.25) is 5.02 Å². The van der Waals surface area contributed by atoms with E-state index in [1.165, 1.54) is 32.1 Å². The van der Waals surface area contributed by atoms with E-state index in [2.05, 4.69) is 23.2 Å². The van der Waals surface area contributed by atoms with Crippen LogP contribution in [0.4, 0.5) is 5.82 Å². The highest BCUT2D eigenvalue weighted by Gasteiger charge is 2.35. The molecule has 21 heavy (non-hydrogen) atoms. The molecule has 1 aliphatic carbocycles. The summed E-state index contributed by atoms with van der Waals surface area (Å²) in [5.74, 6) is 2.02. The lowest BCUT2D eigenvalue weighted by molar-refractivity contribution is 0.360. The number of aromatic nitrogens is 1. The van der Waals surface area contributed by atoms with Crippen molar-refractivity contribution in [2.24, 2.45) is 5.92 Å². The third-order valence-corrected chi connectivity index (χ3v) is 5.25. The van der Waals surface area contributed by atoms with E-state index in [0.717, 1.165) is 48.5 Å². The maximum atomic E-state index is 6.30. The Bertz CT molecular complexity index is 477. The quantitative estimate of drug-likeness (QED) is 0.833. The Balaban J connectivity index is 1.76. The molecule has 0 radical (unpaired) electrons. The van der Waals surface area contributed by atoms with E-state index in [1.807, 2.05) is 6.07 Å². The lowest BCUT2D eigenvalue weighted by Gasteiger charge is -2.38. The number of piperidine rings is 1. The SMILES string of the molecule is CCCNCc1nc(N2CCCC3CCCC32)ccc1Cl. The Labute approximate surface area is 133 Å². The largest absolute Gasteiger partial charge is 0.353 e. The van der Waals surface area contributed by atoms with Gasteiger partial charge in [0.25, 0.3) is 0 Å². The third kappa shape index (κ3) is 3.35. The van der Waals surface area contributed by atoms with Gasteiger partial charge < -0.3 is 10.2 Å². The van der Waals surface area contributed by atoms with E-state index in [0.29, 0.717) is 6.04 Å². The lowest BCUT2D eigenvalue weighted by Crippen LogP contribution is -2.43. The summed E-state index contributed by atoms with van der Waals surface area (Å²) < 4.78 is 0. The highest BCUT2D eigenvalue weighted by Crippen LogP contribution is 2.38. The molecule has 3 rings (SSSR count). The first-order valence-electron chi connectivity index (χ1n) is 8.42. The highest BCUT2D eigenvalue weighted by molar-refractivity contribution is 6.31. The maximum absolute atomic E-state index is 6.30. The van der Waals surface area contributed by atoms with Crippen LogP contribution >= 0.6 is 11.6 Å². The smallest absolute Gasteiger partial charge is 0.129 e. The zero-order chi connectivity index (χ0) is 14.7. The van der Waals surface area contributed by atoms with Crippen LogP contribution in [0.1, 0.15) is 51.1 Å². The van der Waals surface area contributed by atoms with Crippen LogP contribution in [0.3, 0.4) is 0 Å². The number of nitrogens with zero attached hydrogens (tertiary/aromatic N) is 2. The van der Waals surface area contributed by atoms with E-state index in [1.54, 1.807) is 0 Å². The molecule has 0 bridgehead atoms. The van der Waals surface area contributed by atoms with E-state index >= 15 is 0 Å². The average molecular weight is 308 g/mol. The molecule has 2 atom stereocenters. The summed E-state index contributed by atoms with van der Waals surface area (Å²) in [6.07, 6.45) is 7.95. The van der Waals surface area contributed by atoms with Crippen LogP contribution in [0, 0.1) is 5.92 Å². The molecule has 1 aromatic rings. The molecule has 1 saturated carbocycles. The molecule has 0 aromatic carbocycles. The minimum atomic E-state index is 0.712. The van der Waals surface area contributed by atoms with Gasteiger partial charge >= 0.3 is 0 Å². The van der Waals surface area contributed by atoms with Crippen molar-refractivity contribution in [3.8, 4) is 0 Å². The van der Waals surface area contributed by atoms with E-state index in [9.17, 15) is 0 Å². The second-order valence-electron chi connectivity index (χ2n) is 6.37. The van der Waals surface area contributed by atoms with Gasteiger partial charge in [-0.1, -0.05) is 24.9 Å². The average Bonchev–Trinajstić information content (AvgIpc) is 2.98. The number of pyridine rings is 1. The van der Waals surface area contributed by atoms with Crippen LogP contribution < -0.4 is 10.2 Å². The van der Waals surface area contributed by atoms with Gasteiger partial charge in [0, 0.05) is 19.1 Å². The molecule has 1 N–H and O–H groups in total. The number of rotatable bonds is 5. The Morgan fingerprint density at radius 2 is 2.14 bits per heavy atom. The predicted molar refractivity (Wildman–Crippen MR) is 89.0 cm³/mol. The summed E-state index contributed by atoms with van der Waals surface area (Å²) in [6.45, 7) is 5.10. The fraction of sp³-hybridized carbons (Fsp3) is 0.706. The molecule has 4 heteroatoms. The Hall–Kier alpha value is -0.800. The number of halogens is 1. The zero-order valence-electron chi connectivity index (χ0n) is 12.9. The Kier molecular flexibility index (Phi) is 5.02. The first kappa shape index (κ1) is 15.1. The topological polar surface area (TPSA) is 28.2 Å². The molecule has 2 aliphatic rings. The monoisotopic (exact) mass is 307 g/mol. The number of fused-ring (bicyclic) bond motifs is 1. The minimum Gasteiger partial charge on any atom is -0.353 e. The lowest BCUT2D eigenvalue weighted by atomic mass is 9.92. The molecular formula is C17H26ClN3. The first-order valence-corrected chi connectivity index (χ1v) is 8.80. The summed E-state index contributed by atoms with van der Waals surface area (Å²) in [6, 6.07) is 4.83. The molecule has 3 nitrogen and oxygen atoms in total. The second-order valence-corrected chi connectivity index (χ2v) is 6.78.